The molecule has 0 radical (unpaired) electrons. The number of hydrogen-bond donors (Lipinski definition) is 1. The smallest absolute Gasteiger partial charge is 0.240 e. The maximum atomic E-state index is 12.8. The quantitative estimate of drug-likeness (QED) is 0.436. The average molecular weight is 430 g/mol. The number of likely N-dealkylation sites (N-methyl/N-ethyl adjacent to an activating group) is 1. The predicted octanol–water partition coefficient (Wildman–Crippen LogP) is 3.41. The fourth-order valence-electron chi connectivity index (χ4n) is 3.70. The van der Waals surface area contributed by atoms with Crippen LogP contribution in [0.1, 0.15) is 5.56 Å². The highest BCUT2D eigenvalue weighted by molar-refractivity contribution is 5.94. The number of para-hydroxylation sites is 2. The number of ether oxygens (including phenoxy) is 1. The molecule has 0 spiro atoms. The number of hydrogen-bond acceptors (Lipinski definition) is 4. The largest absolute Gasteiger partial charge is 0.492 e. The summed E-state index contributed by atoms with van der Waals surface area (Å²) in [4.78, 5) is 27.7. The molecule has 0 aliphatic rings. The molecule has 1 heterocycles. The van der Waals surface area contributed by atoms with Crippen molar-refractivity contribution in [3.05, 3.63) is 88.6 Å². The van der Waals surface area contributed by atoms with Crippen molar-refractivity contribution in [3.63, 3.8) is 0 Å². The van der Waals surface area contributed by atoms with Gasteiger partial charge in [0.05, 0.1) is 11.0 Å². The van der Waals surface area contributed by atoms with Gasteiger partial charge in [0.1, 0.15) is 18.9 Å². The number of rotatable bonds is 8. The van der Waals surface area contributed by atoms with Gasteiger partial charge < -0.3 is 19.5 Å². The SMILES string of the molecule is CN(C)CCOc1ccc(CNC(=O)Cn2c3ccccc3c(=O)c3ccccc32)cc1. The number of pyridine rings is 1. The summed E-state index contributed by atoms with van der Waals surface area (Å²) in [7, 11) is 4.02. The molecule has 0 bridgehead atoms. The molecule has 0 fully saturated rings. The van der Waals surface area contributed by atoms with Crippen molar-refractivity contribution in [1.29, 1.82) is 0 Å². The Bertz CT molecular complexity index is 1230. The zero-order valence-electron chi connectivity index (χ0n) is 18.4. The van der Waals surface area contributed by atoms with E-state index in [4.69, 9.17) is 4.74 Å². The van der Waals surface area contributed by atoms with Crippen LogP contribution in [0.25, 0.3) is 21.8 Å². The lowest BCUT2D eigenvalue weighted by Crippen LogP contribution is -2.28. The summed E-state index contributed by atoms with van der Waals surface area (Å²) in [5.74, 6) is 0.698. The van der Waals surface area contributed by atoms with Gasteiger partial charge in [-0.1, -0.05) is 36.4 Å². The van der Waals surface area contributed by atoms with Crippen LogP contribution in [0.2, 0.25) is 0 Å². The van der Waals surface area contributed by atoms with E-state index in [-0.39, 0.29) is 17.9 Å². The summed E-state index contributed by atoms with van der Waals surface area (Å²) in [5, 5.41) is 4.21. The Hall–Kier alpha value is -3.64. The minimum absolute atomic E-state index is 0.0132. The first-order valence-electron chi connectivity index (χ1n) is 10.7. The predicted molar refractivity (Wildman–Crippen MR) is 128 cm³/mol. The van der Waals surface area contributed by atoms with Crippen LogP contribution in [0.3, 0.4) is 0 Å². The van der Waals surface area contributed by atoms with Gasteiger partial charge >= 0.3 is 0 Å². The Morgan fingerprint density at radius 3 is 2.09 bits per heavy atom. The van der Waals surface area contributed by atoms with E-state index in [1.807, 2.05) is 79.3 Å². The minimum Gasteiger partial charge on any atom is -0.492 e. The minimum atomic E-state index is -0.115. The van der Waals surface area contributed by atoms with Crippen LogP contribution in [0.15, 0.2) is 77.6 Å². The normalized spacial score (nSPS) is 11.2. The summed E-state index contributed by atoms with van der Waals surface area (Å²) in [5.41, 5.74) is 2.49. The van der Waals surface area contributed by atoms with E-state index in [2.05, 4.69) is 10.2 Å². The topological polar surface area (TPSA) is 63.6 Å². The third-order valence-corrected chi connectivity index (χ3v) is 5.40. The lowest BCUT2D eigenvalue weighted by Gasteiger charge is -2.15. The van der Waals surface area contributed by atoms with Crippen molar-refractivity contribution in [1.82, 2.24) is 14.8 Å². The summed E-state index contributed by atoms with van der Waals surface area (Å²) in [6.45, 7) is 2.04. The van der Waals surface area contributed by atoms with Crippen molar-refractivity contribution in [2.45, 2.75) is 13.1 Å². The van der Waals surface area contributed by atoms with Crippen LogP contribution in [-0.4, -0.2) is 42.6 Å². The first kappa shape index (κ1) is 21.6. The van der Waals surface area contributed by atoms with Crippen LogP contribution < -0.4 is 15.5 Å². The Morgan fingerprint density at radius 2 is 1.50 bits per heavy atom. The first-order valence-corrected chi connectivity index (χ1v) is 10.7. The Balaban J connectivity index is 1.47. The number of aromatic nitrogens is 1. The number of nitrogens with one attached hydrogen (secondary N) is 1. The molecule has 0 atom stereocenters. The van der Waals surface area contributed by atoms with E-state index in [9.17, 15) is 9.59 Å². The van der Waals surface area contributed by atoms with Gasteiger partial charge in [-0.3, -0.25) is 9.59 Å². The molecule has 0 aliphatic carbocycles. The number of carbonyl (C=O) groups is 1. The summed E-state index contributed by atoms with van der Waals surface area (Å²) >= 11 is 0. The molecule has 6 nitrogen and oxygen atoms in total. The van der Waals surface area contributed by atoms with Gasteiger partial charge in [0.2, 0.25) is 5.91 Å². The maximum Gasteiger partial charge on any atom is 0.240 e. The fourth-order valence-corrected chi connectivity index (χ4v) is 3.70. The van der Waals surface area contributed by atoms with Crippen LogP contribution in [0.4, 0.5) is 0 Å². The van der Waals surface area contributed by atoms with Gasteiger partial charge in [0, 0.05) is 23.9 Å². The number of amides is 1. The van der Waals surface area contributed by atoms with E-state index in [0.717, 1.165) is 28.9 Å². The van der Waals surface area contributed by atoms with Crippen LogP contribution in [-0.2, 0) is 17.9 Å². The molecule has 0 aliphatic heterocycles. The third kappa shape index (κ3) is 4.81. The molecule has 4 rings (SSSR count). The maximum absolute atomic E-state index is 12.8. The zero-order chi connectivity index (χ0) is 22.5. The molecule has 1 aromatic heterocycles. The molecule has 3 aromatic carbocycles. The second-order valence-corrected chi connectivity index (χ2v) is 8.02. The van der Waals surface area contributed by atoms with Gasteiger partial charge in [-0.25, -0.2) is 0 Å². The van der Waals surface area contributed by atoms with Crippen molar-refractivity contribution < 1.29 is 9.53 Å². The molecular weight excluding hydrogens is 402 g/mol. The first-order chi connectivity index (χ1) is 15.5. The summed E-state index contributed by atoms with van der Waals surface area (Å²) in [6.07, 6.45) is 0. The van der Waals surface area contributed by atoms with E-state index in [1.165, 1.54) is 0 Å². The van der Waals surface area contributed by atoms with Crippen molar-refractivity contribution in [2.75, 3.05) is 27.2 Å². The third-order valence-electron chi connectivity index (χ3n) is 5.40. The lowest BCUT2D eigenvalue weighted by molar-refractivity contribution is -0.121. The van der Waals surface area contributed by atoms with Crippen LogP contribution in [0, 0.1) is 0 Å². The van der Waals surface area contributed by atoms with Crippen molar-refractivity contribution >= 4 is 27.7 Å². The molecule has 0 unspecified atom stereocenters. The monoisotopic (exact) mass is 429 g/mol. The number of carbonyl (C=O) groups excluding carboxylic acids is 1. The van der Waals surface area contributed by atoms with Crippen LogP contribution in [0.5, 0.6) is 5.75 Å². The molecule has 0 saturated carbocycles. The van der Waals surface area contributed by atoms with Gasteiger partial charge in [-0.05, 0) is 56.1 Å². The average Bonchev–Trinajstić information content (AvgIpc) is 2.81. The Kier molecular flexibility index (Phi) is 6.52. The highest BCUT2D eigenvalue weighted by atomic mass is 16.5. The zero-order valence-corrected chi connectivity index (χ0v) is 18.4. The van der Waals surface area contributed by atoms with Gasteiger partial charge in [-0.2, -0.15) is 0 Å². The number of fused-ring (bicyclic) bond motifs is 2. The second kappa shape index (κ2) is 9.66. The lowest BCUT2D eigenvalue weighted by atomic mass is 10.1. The highest BCUT2D eigenvalue weighted by Gasteiger charge is 2.12. The fraction of sp³-hybridized carbons (Fsp3) is 0.231. The van der Waals surface area contributed by atoms with E-state index in [1.54, 1.807) is 12.1 Å². The van der Waals surface area contributed by atoms with Gasteiger partial charge in [-0.15, -0.1) is 0 Å². The van der Waals surface area contributed by atoms with Crippen molar-refractivity contribution in [3.8, 4) is 5.75 Å². The Labute approximate surface area is 187 Å². The van der Waals surface area contributed by atoms with Crippen LogP contribution >= 0.6 is 0 Å². The molecule has 4 aromatic rings. The van der Waals surface area contributed by atoms with E-state index < -0.39 is 0 Å². The second-order valence-electron chi connectivity index (χ2n) is 8.02. The standard InChI is InChI=1S/C26H27N3O3/c1-28(2)15-16-32-20-13-11-19(12-14-20)17-27-25(30)18-29-23-9-5-3-7-21(23)26(31)22-8-4-6-10-24(22)29/h3-14H,15-18H2,1-2H3,(H,27,30). The molecular formula is C26H27N3O3. The van der Waals surface area contributed by atoms with Crippen molar-refractivity contribution in [2.24, 2.45) is 0 Å². The highest BCUT2D eigenvalue weighted by Crippen LogP contribution is 2.19. The molecule has 1 N–H and O–H groups in total. The number of benzene rings is 3. The van der Waals surface area contributed by atoms with E-state index in [0.29, 0.717) is 23.9 Å². The molecule has 0 saturated heterocycles. The van der Waals surface area contributed by atoms with Gasteiger partial charge in [0.25, 0.3) is 0 Å². The Morgan fingerprint density at radius 1 is 0.906 bits per heavy atom. The number of nitrogens with zero attached hydrogens (tertiary/aromatic N) is 2. The molecule has 6 heteroatoms. The molecule has 1 amide bonds. The molecule has 32 heavy (non-hydrogen) atoms. The van der Waals surface area contributed by atoms with E-state index >= 15 is 0 Å². The van der Waals surface area contributed by atoms with Gasteiger partial charge in [0.15, 0.2) is 5.43 Å². The summed E-state index contributed by atoms with van der Waals surface area (Å²) < 4.78 is 7.62. The molecule has 164 valence electrons. The summed E-state index contributed by atoms with van der Waals surface area (Å²) in [6, 6.07) is 22.6.